The molecule has 6 nitrogen and oxygen atoms in total. The van der Waals surface area contributed by atoms with Crippen LogP contribution in [0.1, 0.15) is 26.0 Å². The predicted octanol–water partition coefficient (Wildman–Crippen LogP) is 0.175. The zero-order valence-electron chi connectivity index (χ0n) is 10.6. The summed E-state index contributed by atoms with van der Waals surface area (Å²) in [6.45, 7) is 7.03. The normalized spacial score (nSPS) is 11.3. The van der Waals surface area contributed by atoms with E-state index in [9.17, 15) is 0 Å². The van der Waals surface area contributed by atoms with Crippen LogP contribution in [0.4, 0.5) is 0 Å². The van der Waals surface area contributed by atoms with E-state index in [1.165, 1.54) is 0 Å². The van der Waals surface area contributed by atoms with Crippen molar-refractivity contribution in [1.82, 2.24) is 20.3 Å². The Morgan fingerprint density at radius 1 is 1.53 bits per heavy atom. The van der Waals surface area contributed by atoms with Crippen LogP contribution in [0, 0.1) is 0 Å². The Hall–Kier alpha value is -0.980. The molecule has 0 amide bonds. The molecular weight excluding hydrogens is 220 g/mol. The highest BCUT2D eigenvalue weighted by molar-refractivity contribution is 4.91. The lowest BCUT2D eigenvalue weighted by Crippen LogP contribution is -2.17. The Morgan fingerprint density at radius 2 is 2.35 bits per heavy atom. The fourth-order valence-corrected chi connectivity index (χ4v) is 1.36. The van der Waals surface area contributed by atoms with Crippen LogP contribution in [-0.4, -0.2) is 46.0 Å². The van der Waals surface area contributed by atoms with Crippen LogP contribution in [-0.2, 0) is 17.8 Å². The smallest absolute Gasteiger partial charge is 0.0964 e. The number of rotatable bonds is 9. The van der Waals surface area contributed by atoms with Crippen LogP contribution < -0.4 is 5.32 Å². The minimum atomic E-state index is 0.0861. The van der Waals surface area contributed by atoms with E-state index >= 15 is 0 Å². The third kappa shape index (κ3) is 6.35. The maximum absolute atomic E-state index is 8.73. The van der Waals surface area contributed by atoms with Crippen LogP contribution in [0.25, 0.3) is 0 Å². The van der Waals surface area contributed by atoms with E-state index in [4.69, 9.17) is 9.84 Å². The van der Waals surface area contributed by atoms with Gasteiger partial charge in [-0.3, -0.25) is 0 Å². The van der Waals surface area contributed by atoms with Gasteiger partial charge < -0.3 is 15.2 Å². The highest BCUT2D eigenvalue weighted by Gasteiger charge is 1.99. The summed E-state index contributed by atoms with van der Waals surface area (Å²) in [6.07, 6.45) is 3.13. The van der Waals surface area contributed by atoms with Gasteiger partial charge in [-0.15, -0.1) is 5.10 Å². The van der Waals surface area contributed by atoms with Crippen LogP contribution >= 0.6 is 0 Å². The Balaban J connectivity index is 2.05. The number of nitrogens with one attached hydrogen (secondary N) is 1. The summed E-state index contributed by atoms with van der Waals surface area (Å²) in [5.74, 6) is 0. The topological polar surface area (TPSA) is 72.2 Å². The van der Waals surface area contributed by atoms with E-state index in [1.807, 2.05) is 20.0 Å². The molecule has 1 rings (SSSR count). The maximum Gasteiger partial charge on any atom is 0.0964 e. The SMILES string of the molecule is CC(C)OCCCNCc1cn(CCO)nn1. The zero-order chi connectivity index (χ0) is 12.5. The Labute approximate surface area is 102 Å². The van der Waals surface area contributed by atoms with Crippen LogP contribution in [0.2, 0.25) is 0 Å². The second-order valence-corrected chi connectivity index (χ2v) is 4.15. The number of hydrogen-bond acceptors (Lipinski definition) is 5. The number of aliphatic hydroxyl groups excluding tert-OH is 1. The summed E-state index contributed by atoms with van der Waals surface area (Å²) < 4.78 is 7.07. The molecule has 0 aliphatic rings. The largest absolute Gasteiger partial charge is 0.394 e. The first-order valence-corrected chi connectivity index (χ1v) is 6.04. The summed E-state index contributed by atoms with van der Waals surface area (Å²) in [4.78, 5) is 0. The van der Waals surface area contributed by atoms with Gasteiger partial charge in [0, 0.05) is 19.3 Å². The van der Waals surface area contributed by atoms with E-state index in [0.29, 0.717) is 19.2 Å². The van der Waals surface area contributed by atoms with Crippen molar-refractivity contribution >= 4 is 0 Å². The van der Waals surface area contributed by atoms with E-state index in [-0.39, 0.29) is 6.61 Å². The Bertz CT molecular complexity index is 301. The first-order chi connectivity index (χ1) is 8.22. The molecule has 1 aromatic rings. The van der Waals surface area contributed by atoms with Gasteiger partial charge in [0.15, 0.2) is 0 Å². The van der Waals surface area contributed by atoms with Crippen molar-refractivity contribution in [3.8, 4) is 0 Å². The lowest BCUT2D eigenvalue weighted by Gasteiger charge is -2.07. The van der Waals surface area contributed by atoms with E-state index in [1.54, 1.807) is 4.68 Å². The van der Waals surface area contributed by atoms with Gasteiger partial charge in [0.05, 0.1) is 24.9 Å². The summed E-state index contributed by atoms with van der Waals surface area (Å²) in [5.41, 5.74) is 0.892. The molecule has 0 saturated heterocycles. The molecule has 0 spiro atoms. The van der Waals surface area contributed by atoms with Gasteiger partial charge in [-0.2, -0.15) is 0 Å². The van der Waals surface area contributed by atoms with Crippen molar-refractivity contribution in [2.45, 2.75) is 39.5 Å². The molecule has 0 bridgehead atoms. The molecule has 98 valence electrons. The third-order valence-corrected chi connectivity index (χ3v) is 2.17. The van der Waals surface area contributed by atoms with E-state index in [0.717, 1.165) is 25.3 Å². The average Bonchev–Trinajstić information content (AvgIpc) is 2.71. The van der Waals surface area contributed by atoms with Gasteiger partial charge >= 0.3 is 0 Å². The van der Waals surface area contributed by atoms with Gasteiger partial charge in [0.25, 0.3) is 0 Å². The standard InChI is InChI=1S/C11H22N4O2/c1-10(2)17-7-3-4-12-8-11-9-15(5-6-16)14-13-11/h9-10,12,16H,3-8H2,1-2H3. The van der Waals surface area contributed by atoms with Gasteiger partial charge in [0.2, 0.25) is 0 Å². The third-order valence-electron chi connectivity index (χ3n) is 2.17. The lowest BCUT2D eigenvalue weighted by molar-refractivity contribution is 0.0770. The minimum Gasteiger partial charge on any atom is -0.394 e. The number of ether oxygens (including phenoxy) is 1. The Kier molecular flexibility index (Phi) is 6.76. The number of nitrogens with zero attached hydrogens (tertiary/aromatic N) is 3. The average molecular weight is 242 g/mol. The second kappa shape index (κ2) is 8.16. The highest BCUT2D eigenvalue weighted by Crippen LogP contribution is 1.93. The van der Waals surface area contributed by atoms with Crippen molar-refractivity contribution in [2.24, 2.45) is 0 Å². The molecule has 0 aliphatic carbocycles. The van der Waals surface area contributed by atoms with Crippen molar-refractivity contribution in [1.29, 1.82) is 0 Å². The van der Waals surface area contributed by atoms with Gasteiger partial charge in [-0.25, -0.2) is 4.68 Å². The van der Waals surface area contributed by atoms with Gasteiger partial charge in [-0.05, 0) is 26.8 Å². The van der Waals surface area contributed by atoms with Gasteiger partial charge in [-0.1, -0.05) is 5.21 Å². The molecule has 6 heteroatoms. The molecule has 0 unspecified atom stereocenters. The molecule has 0 aromatic carbocycles. The summed E-state index contributed by atoms with van der Waals surface area (Å²) in [5, 5.41) is 19.9. The summed E-state index contributed by atoms with van der Waals surface area (Å²) in [7, 11) is 0. The molecule has 1 heterocycles. The fraction of sp³-hybridized carbons (Fsp3) is 0.818. The van der Waals surface area contributed by atoms with Crippen LogP contribution in [0.15, 0.2) is 6.20 Å². The molecule has 2 N–H and O–H groups in total. The van der Waals surface area contributed by atoms with Gasteiger partial charge in [0.1, 0.15) is 0 Å². The molecule has 0 saturated carbocycles. The zero-order valence-corrected chi connectivity index (χ0v) is 10.6. The van der Waals surface area contributed by atoms with E-state index < -0.39 is 0 Å². The molecule has 0 radical (unpaired) electrons. The molecule has 17 heavy (non-hydrogen) atoms. The van der Waals surface area contributed by atoms with Crippen LogP contribution in [0.5, 0.6) is 0 Å². The second-order valence-electron chi connectivity index (χ2n) is 4.15. The van der Waals surface area contributed by atoms with E-state index in [2.05, 4.69) is 15.6 Å². The fourth-order valence-electron chi connectivity index (χ4n) is 1.36. The maximum atomic E-state index is 8.73. The Morgan fingerprint density at radius 3 is 3.06 bits per heavy atom. The number of aromatic nitrogens is 3. The lowest BCUT2D eigenvalue weighted by atomic mass is 10.4. The first kappa shape index (κ1) is 14.1. The molecule has 0 atom stereocenters. The minimum absolute atomic E-state index is 0.0861. The summed E-state index contributed by atoms with van der Waals surface area (Å²) in [6, 6.07) is 0. The molecule has 0 fully saturated rings. The number of aliphatic hydroxyl groups is 1. The van der Waals surface area contributed by atoms with Crippen molar-refractivity contribution < 1.29 is 9.84 Å². The van der Waals surface area contributed by atoms with Crippen molar-refractivity contribution in [3.05, 3.63) is 11.9 Å². The van der Waals surface area contributed by atoms with Crippen LogP contribution in [0.3, 0.4) is 0 Å². The molecular formula is C11H22N4O2. The first-order valence-electron chi connectivity index (χ1n) is 6.04. The molecule has 0 aliphatic heterocycles. The van der Waals surface area contributed by atoms with Crippen molar-refractivity contribution in [3.63, 3.8) is 0 Å². The summed E-state index contributed by atoms with van der Waals surface area (Å²) >= 11 is 0. The quantitative estimate of drug-likeness (QED) is 0.604. The highest BCUT2D eigenvalue weighted by atomic mass is 16.5. The monoisotopic (exact) mass is 242 g/mol. The predicted molar refractivity (Wildman–Crippen MR) is 64.5 cm³/mol. The number of hydrogen-bond donors (Lipinski definition) is 2. The van der Waals surface area contributed by atoms with Crippen molar-refractivity contribution in [2.75, 3.05) is 19.8 Å². The molecule has 1 aromatic heterocycles.